The number of fused-ring (bicyclic) bond motifs is 2. The number of anilines is 1. The van der Waals surface area contributed by atoms with E-state index < -0.39 is 0 Å². The molecule has 0 unspecified atom stereocenters. The van der Waals surface area contributed by atoms with Gasteiger partial charge in [-0.15, -0.1) is 0 Å². The molecule has 3 heterocycles. The number of amides is 2. The molecule has 1 aliphatic heterocycles. The number of para-hydroxylation sites is 1. The lowest BCUT2D eigenvalue weighted by Crippen LogP contribution is -2.49. The number of hydrogen-bond acceptors (Lipinski definition) is 6. The lowest BCUT2D eigenvalue weighted by Gasteiger charge is -2.34. The van der Waals surface area contributed by atoms with Gasteiger partial charge in [0.25, 0.3) is 0 Å². The van der Waals surface area contributed by atoms with Crippen LogP contribution in [0.4, 0.5) is 10.6 Å². The van der Waals surface area contributed by atoms with Crippen LogP contribution < -0.4 is 10.1 Å². The Morgan fingerprint density at radius 3 is 2.69 bits per heavy atom. The summed E-state index contributed by atoms with van der Waals surface area (Å²) in [5.41, 5.74) is 2.77. The van der Waals surface area contributed by atoms with Crippen LogP contribution in [0.1, 0.15) is 5.56 Å². The molecule has 180 valence electrons. The van der Waals surface area contributed by atoms with E-state index in [0.717, 1.165) is 47.4 Å². The zero-order chi connectivity index (χ0) is 24.3. The van der Waals surface area contributed by atoms with Gasteiger partial charge in [0, 0.05) is 44.3 Å². The molecule has 0 radical (unpaired) electrons. The number of pyridine rings is 1. The van der Waals surface area contributed by atoms with Crippen LogP contribution >= 0.6 is 0 Å². The molecule has 8 heteroatoms. The highest BCUT2D eigenvalue weighted by Crippen LogP contribution is 2.26. The maximum Gasteiger partial charge on any atom is 0.323 e. The predicted octanol–water partition coefficient (Wildman–Crippen LogP) is 5.52. The smallest absolute Gasteiger partial charge is 0.323 e. The van der Waals surface area contributed by atoms with Gasteiger partial charge in [0.1, 0.15) is 11.5 Å². The maximum atomic E-state index is 12.8. The Hall–Kier alpha value is -4.43. The zero-order valence-corrected chi connectivity index (χ0v) is 19.6. The quantitative estimate of drug-likeness (QED) is 0.357. The summed E-state index contributed by atoms with van der Waals surface area (Å²) in [5.74, 6) is 2.04. The number of rotatable bonds is 5. The summed E-state index contributed by atoms with van der Waals surface area (Å²) in [4.78, 5) is 21.3. The Bertz CT molecular complexity index is 1520. The average Bonchev–Trinajstić information content (AvgIpc) is 3.32. The summed E-state index contributed by atoms with van der Waals surface area (Å²) in [6.45, 7) is 3.65. The summed E-state index contributed by atoms with van der Waals surface area (Å²) in [7, 11) is 0. The molecule has 5 aromatic rings. The van der Waals surface area contributed by atoms with Crippen LogP contribution in [0, 0.1) is 0 Å². The fourth-order valence-electron chi connectivity index (χ4n) is 4.48. The second-order valence-corrected chi connectivity index (χ2v) is 8.83. The average molecular weight is 480 g/mol. The Morgan fingerprint density at radius 2 is 1.78 bits per heavy atom. The molecule has 3 aromatic carbocycles. The molecular weight excluding hydrogens is 454 g/mol. The van der Waals surface area contributed by atoms with E-state index in [9.17, 15) is 4.79 Å². The summed E-state index contributed by atoms with van der Waals surface area (Å²) < 4.78 is 11.4. The van der Waals surface area contributed by atoms with Gasteiger partial charge in [-0.2, -0.15) is 0 Å². The van der Waals surface area contributed by atoms with Crippen molar-refractivity contribution in [3.05, 3.63) is 90.6 Å². The van der Waals surface area contributed by atoms with E-state index in [1.54, 1.807) is 6.20 Å². The normalized spacial score (nSPS) is 14.3. The molecule has 0 spiro atoms. The number of ether oxygens (including phenoxy) is 1. The van der Waals surface area contributed by atoms with Crippen molar-refractivity contribution in [3.8, 4) is 11.5 Å². The van der Waals surface area contributed by atoms with Crippen LogP contribution in [0.3, 0.4) is 0 Å². The largest absolute Gasteiger partial charge is 0.457 e. The molecule has 6 rings (SSSR count). The van der Waals surface area contributed by atoms with E-state index in [1.807, 2.05) is 71.6 Å². The van der Waals surface area contributed by atoms with Crippen LogP contribution in [0.15, 0.2) is 89.6 Å². The Morgan fingerprint density at radius 1 is 0.917 bits per heavy atom. The zero-order valence-electron chi connectivity index (χ0n) is 19.6. The molecule has 0 bridgehead atoms. The molecule has 0 atom stereocenters. The minimum absolute atomic E-state index is 0.158. The number of nitrogens with one attached hydrogen (secondary N) is 1. The Labute approximate surface area is 208 Å². The Balaban J connectivity index is 1.04. The lowest BCUT2D eigenvalue weighted by molar-refractivity contribution is 0.143. The highest BCUT2D eigenvalue weighted by atomic mass is 16.5. The van der Waals surface area contributed by atoms with E-state index in [1.165, 1.54) is 5.56 Å². The first kappa shape index (κ1) is 22.1. The van der Waals surface area contributed by atoms with Gasteiger partial charge < -0.3 is 14.2 Å². The van der Waals surface area contributed by atoms with Crippen molar-refractivity contribution in [2.75, 3.05) is 31.5 Å². The number of carbonyl (C=O) groups excluding carboxylic acids is 1. The van der Waals surface area contributed by atoms with Crippen molar-refractivity contribution < 1.29 is 14.1 Å². The number of nitrogens with zero attached hydrogens (tertiary/aromatic N) is 4. The van der Waals surface area contributed by atoms with Crippen molar-refractivity contribution in [3.63, 3.8) is 0 Å². The number of aromatic nitrogens is 2. The second-order valence-electron chi connectivity index (χ2n) is 8.83. The highest BCUT2D eigenvalue weighted by Gasteiger charge is 2.22. The lowest BCUT2D eigenvalue weighted by atomic mass is 10.2. The first-order valence-electron chi connectivity index (χ1n) is 12.0. The van der Waals surface area contributed by atoms with E-state index in [0.29, 0.717) is 24.5 Å². The van der Waals surface area contributed by atoms with Crippen LogP contribution in [0.5, 0.6) is 11.5 Å². The van der Waals surface area contributed by atoms with Gasteiger partial charge in [0.2, 0.25) is 0 Å². The molecule has 1 fully saturated rings. The predicted molar refractivity (Wildman–Crippen MR) is 138 cm³/mol. The minimum Gasteiger partial charge on any atom is -0.457 e. The molecule has 1 aliphatic rings. The Kier molecular flexibility index (Phi) is 5.93. The van der Waals surface area contributed by atoms with Crippen molar-refractivity contribution in [1.29, 1.82) is 0 Å². The van der Waals surface area contributed by atoms with E-state index in [-0.39, 0.29) is 6.03 Å². The topological polar surface area (TPSA) is 83.7 Å². The highest BCUT2D eigenvalue weighted by molar-refractivity contribution is 5.98. The van der Waals surface area contributed by atoms with Crippen molar-refractivity contribution in [2.24, 2.45) is 0 Å². The van der Waals surface area contributed by atoms with Gasteiger partial charge in [-0.3, -0.25) is 15.2 Å². The summed E-state index contributed by atoms with van der Waals surface area (Å²) in [5, 5.41) is 8.72. The number of urea groups is 1. The van der Waals surface area contributed by atoms with Gasteiger partial charge in [-0.05, 0) is 54.1 Å². The number of hydrogen-bond donors (Lipinski definition) is 1. The van der Waals surface area contributed by atoms with Gasteiger partial charge in [0.05, 0.1) is 10.9 Å². The molecular formula is C28H25N5O3. The standard InChI is InChI=1S/C28H25N5O3/c34-28(30-27-24-8-1-2-9-26(24)36-31-27)33-15-13-32(14-16-33)19-20-5-3-7-22(17-20)35-23-10-11-25-21(18-23)6-4-12-29-25/h1-12,17-18H,13-16,19H2,(H,30,31,34). The summed E-state index contributed by atoms with van der Waals surface area (Å²) in [6, 6.07) is 25.3. The summed E-state index contributed by atoms with van der Waals surface area (Å²) in [6.07, 6.45) is 1.79. The fourth-order valence-corrected chi connectivity index (χ4v) is 4.48. The van der Waals surface area contributed by atoms with Gasteiger partial charge in [0.15, 0.2) is 11.4 Å². The molecule has 0 aliphatic carbocycles. The first-order valence-corrected chi connectivity index (χ1v) is 12.0. The van der Waals surface area contributed by atoms with Crippen LogP contribution in [0.2, 0.25) is 0 Å². The first-order chi connectivity index (χ1) is 17.7. The number of benzene rings is 3. The maximum absolute atomic E-state index is 12.8. The van der Waals surface area contributed by atoms with Gasteiger partial charge in [-0.1, -0.05) is 35.5 Å². The number of piperazine rings is 1. The van der Waals surface area contributed by atoms with Crippen molar-refractivity contribution in [1.82, 2.24) is 19.9 Å². The molecule has 1 N–H and O–H groups in total. The minimum atomic E-state index is -0.158. The van der Waals surface area contributed by atoms with E-state index in [2.05, 4.69) is 32.5 Å². The molecule has 8 nitrogen and oxygen atoms in total. The number of carbonyl (C=O) groups is 1. The molecule has 1 saturated heterocycles. The van der Waals surface area contributed by atoms with Crippen molar-refractivity contribution >= 4 is 33.7 Å². The molecule has 2 aromatic heterocycles. The van der Waals surface area contributed by atoms with Crippen molar-refractivity contribution in [2.45, 2.75) is 6.54 Å². The molecule has 0 saturated carbocycles. The van der Waals surface area contributed by atoms with Crippen LogP contribution in [0.25, 0.3) is 21.9 Å². The monoisotopic (exact) mass is 479 g/mol. The van der Waals surface area contributed by atoms with Crippen LogP contribution in [-0.2, 0) is 6.54 Å². The second kappa shape index (κ2) is 9.67. The third-order valence-corrected chi connectivity index (χ3v) is 6.38. The fraction of sp³-hybridized carbons (Fsp3) is 0.179. The third-order valence-electron chi connectivity index (χ3n) is 6.38. The van der Waals surface area contributed by atoms with E-state index in [4.69, 9.17) is 9.26 Å². The SMILES string of the molecule is O=C(Nc1noc2ccccc12)N1CCN(Cc2cccc(Oc3ccc4ncccc4c3)c2)CC1. The third kappa shape index (κ3) is 4.71. The van der Waals surface area contributed by atoms with Gasteiger partial charge in [-0.25, -0.2) is 4.79 Å². The van der Waals surface area contributed by atoms with Gasteiger partial charge >= 0.3 is 6.03 Å². The van der Waals surface area contributed by atoms with E-state index >= 15 is 0 Å². The molecule has 36 heavy (non-hydrogen) atoms. The summed E-state index contributed by atoms with van der Waals surface area (Å²) >= 11 is 0. The molecule has 2 amide bonds. The van der Waals surface area contributed by atoms with Crippen LogP contribution in [-0.4, -0.2) is 52.2 Å².